The number of carboxylic acids is 1. The summed E-state index contributed by atoms with van der Waals surface area (Å²) in [7, 11) is 1.29. The van der Waals surface area contributed by atoms with E-state index in [-0.39, 0.29) is 27.6 Å². The van der Waals surface area contributed by atoms with Crippen LogP contribution in [-0.4, -0.2) is 24.1 Å². The van der Waals surface area contributed by atoms with Gasteiger partial charge in [0.15, 0.2) is 11.6 Å². The molecule has 0 saturated carbocycles. The van der Waals surface area contributed by atoms with Crippen molar-refractivity contribution in [2.75, 3.05) is 12.4 Å². The Balaban J connectivity index is 2.25. The molecular weight excluding hydrogens is 313 g/mol. The van der Waals surface area contributed by atoms with Crippen LogP contribution in [0.25, 0.3) is 0 Å². The Bertz CT molecular complexity index is 748. The molecule has 0 aromatic heterocycles. The molecule has 0 saturated heterocycles. The zero-order chi connectivity index (χ0) is 16.3. The Hall–Kier alpha value is -2.60. The van der Waals surface area contributed by atoms with Gasteiger partial charge in [0.25, 0.3) is 5.91 Å². The van der Waals surface area contributed by atoms with Crippen LogP contribution in [-0.2, 0) is 0 Å². The van der Waals surface area contributed by atoms with Crippen molar-refractivity contribution in [2.45, 2.75) is 0 Å². The highest BCUT2D eigenvalue weighted by Gasteiger charge is 2.13. The molecule has 2 aromatic carbocycles. The van der Waals surface area contributed by atoms with Crippen LogP contribution in [0.1, 0.15) is 20.7 Å². The number of hydrogen-bond acceptors (Lipinski definition) is 3. The van der Waals surface area contributed by atoms with Gasteiger partial charge in [-0.1, -0.05) is 11.6 Å². The number of rotatable bonds is 4. The van der Waals surface area contributed by atoms with E-state index in [1.165, 1.54) is 37.4 Å². The van der Waals surface area contributed by atoms with E-state index in [0.717, 1.165) is 6.07 Å². The van der Waals surface area contributed by atoms with Crippen molar-refractivity contribution in [3.05, 3.63) is 58.4 Å². The fourth-order valence-corrected chi connectivity index (χ4v) is 1.97. The Morgan fingerprint density at radius 3 is 2.59 bits per heavy atom. The van der Waals surface area contributed by atoms with Crippen molar-refractivity contribution in [2.24, 2.45) is 0 Å². The van der Waals surface area contributed by atoms with Crippen LogP contribution < -0.4 is 10.1 Å². The molecule has 0 spiro atoms. The van der Waals surface area contributed by atoms with Gasteiger partial charge >= 0.3 is 5.97 Å². The van der Waals surface area contributed by atoms with Gasteiger partial charge in [-0.15, -0.1) is 0 Å². The summed E-state index contributed by atoms with van der Waals surface area (Å²) in [5, 5.41) is 11.6. The van der Waals surface area contributed by atoms with E-state index >= 15 is 0 Å². The van der Waals surface area contributed by atoms with E-state index in [4.69, 9.17) is 21.4 Å². The standard InChI is InChI=1S/C15H11ClFNO4/c1-22-13-6-8(2-5-12(13)17)14(19)18-9-3-4-11(16)10(7-9)15(20)21/h2-7H,1H3,(H,18,19)(H,20,21). The van der Waals surface area contributed by atoms with Gasteiger partial charge in [-0.2, -0.15) is 0 Å². The molecule has 5 nitrogen and oxygen atoms in total. The van der Waals surface area contributed by atoms with Crippen molar-refractivity contribution in [3.8, 4) is 5.75 Å². The molecule has 1 amide bonds. The van der Waals surface area contributed by atoms with Gasteiger partial charge in [-0.25, -0.2) is 9.18 Å². The smallest absolute Gasteiger partial charge is 0.337 e. The fourth-order valence-electron chi connectivity index (χ4n) is 1.77. The number of halogens is 2. The number of benzene rings is 2. The molecule has 0 heterocycles. The van der Waals surface area contributed by atoms with Crippen LogP contribution in [0.3, 0.4) is 0 Å². The van der Waals surface area contributed by atoms with Gasteiger partial charge in [0, 0.05) is 11.3 Å². The summed E-state index contributed by atoms with van der Waals surface area (Å²) in [6, 6.07) is 7.72. The Morgan fingerprint density at radius 1 is 1.23 bits per heavy atom. The Labute approximate surface area is 130 Å². The average Bonchev–Trinajstić information content (AvgIpc) is 2.49. The number of anilines is 1. The highest BCUT2D eigenvalue weighted by molar-refractivity contribution is 6.33. The molecule has 0 aliphatic heterocycles. The molecule has 2 aromatic rings. The van der Waals surface area contributed by atoms with Crippen LogP contribution in [0.4, 0.5) is 10.1 Å². The molecule has 2 N–H and O–H groups in total. The summed E-state index contributed by atoms with van der Waals surface area (Å²) in [5.41, 5.74) is 0.302. The van der Waals surface area contributed by atoms with Crippen LogP contribution in [0.5, 0.6) is 5.75 Å². The first-order chi connectivity index (χ1) is 10.4. The predicted molar refractivity (Wildman–Crippen MR) is 79.3 cm³/mol. The number of carboxylic acid groups (broad SMARTS) is 1. The first-order valence-corrected chi connectivity index (χ1v) is 6.48. The number of amides is 1. The van der Waals surface area contributed by atoms with Crippen LogP contribution in [0.2, 0.25) is 5.02 Å². The second kappa shape index (κ2) is 6.44. The number of hydrogen-bond donors (Lipinski definition) is 2. The molecule has 0 aliphatic carbocycles. The zero-order valence-electron chi connectivity index (χ0n) is 11.4. The SMILES string of the molecule is COc1cc(C(=O)Nc2ccc(Cl)c(C(=O)O)c2)ccc1F. The number of methoxy groups -OCH3 is 1. The van der Waals surface area contributed by atoms with E-state index < -0.39 is 17.7 Å². The molecule has 114 valence electrons. The lowest BCUT2D eigenvalue weighted by Crippen LogP contribution is -2.13. The van der Waals surface area contributed by atoms with Crippen molar-refractivity contribution in [3.63, 3.8) is 0 Å². The maximum Gasteiger partial charge on any atom is 0.337 e. The average molecular weight is 324 g/mol. The molecule has 0 bridgehead atoms. The van der Waals surface area contributed by atoms with Crippen molar-refractivity contribution in [1.29, 1.82) is 0 Å². The molecule has 2 rings (SSSR count). The summed E-state index contributed by atoms with van der Waals surface area (Å²) in [5.74, 6) is -2.38. The van der Waals surface area contributed by atoms with Gasteiger partial charge in [-0.3, -0.25) is 4.79 Å². The van der Waals surface area contributed by atoms with Gasteiger partial charge in [-0.05, 0) is 36.4 Å². The minimum absolute atomic E-state index is 0.0602. The molecular formula is C15H11ClFNO4. The molecule has 0 fully saturated rings. The second-order valence-electron chi connectivity index (χ2n) is 4.30. The molecule has 7 heteroatoms. The summed E-state index contributed by atoms with van der Waals surface area (Å²) >= 11 is 5.75. The lowest BCUT2D eigenvalue weighted by molar-refractivity contribution is 0.0696. The third kappa shape index (κ3) is 3.35. The third-order valence-corrected chi connectivity index (χ3v) is 3.20. The molecule has 0 unspecified atom stereocenters. The highest BCUT2D eigenvalue weighted by Crippen LogP contribution is 2.22. The molecule has 0 radical (unpaired) electrons. The van der Waals surface area contributed by atoms with Crippen molar-refractivity contribution < 1.29 is 23.8 Å². The molecule has 22 heavy (non-hydrogen) atoms. The first kappa shape index (κ1) is 15.8. The lowest BCUT2D eigenvalue weighted by atomic mass is 10.1. The third-order valence-electron chi connectivity index (χ3n) is 2.87. The Morgan fingerprint density at radius 2 is 1.95 bits per heavy atom. The minimum atomic E-state index is -1.20. The largest absolute Gasteiger partial charge is 0.494 e. The topological polar surface area (TPSA) is 75.6 Å². The minimum Gasteiger partial charge on any atom is -0.494 e. The van der Waals surface area contributed by atoms with E-state index in [1.54, 1.807) is 0 Å². The lowest BCUT2D eigenvalue weighted by Gasteiger charge is -2.08. The first-order valence-electron chi connectivity index (χ1n) is 6.10. The number of carbonyl (C=O) groups excluding carboxylic acids is 1. The van der Waals surface area contributed by atoms with Crippen LogP contribution >= 0.6 is 11.6 Å². The Kier molecular flexibility index (Phi) is 4.62. The predicted octanol–water partition coefficient (Wildman–Crippen LogP) is 3.44. The van der Waals surface area contributed by atoms with E-state index in [0.29, 0.717) is 0 Å². The number of aromatic carboxylic acids is 1. The zero-order valence-corrected chi connectivity index (χ0v) is 12.1. The molecule has 0 atom stereocenters. The summed E-state index contributed by atoms with van der Waals surface area (Å²) in [6.45, 7) is 0. The summed E-state index contributed by atoms with van der Waals surface area (Å²) in [6.07, 6.45) is 0. The quantitative estimate of drug-likeness (QED) is 0.903. The summed E-state index contributed by atoms with van der Waals surface area (Å²) < 4.78 is 18.1. The maximum atomic E-state index is 13.3. The van der Waals surface area contributed by atoms with Crippen LogP contribution in [0.15, 0.2) is 36.4 Å². The summed E-state index contributed by atoms with van der Waals surface area (Å²) in [4.78, 5) is 23.1. The van der Waals surface area contributed by atoms with Gasteiger partial charge in [0.1, 0.15) is 0 Å². The number of ether oxygens (including phenoxy) is 1. The van der Waals surface area contributed by atoms with Crippen molar-refractivity contribution >= 4 is 29.2 Å². The fraction of sp³-hybridized carbons (Fsp3) is 0.0667. The normalized spacial score (nSPS) is 10.1. The monoisotopic (exact) mass is 323 g/mol. The second-order valence-corrected chi connectivity index (χ2v) is 4.71. The van der Waals surface area contributed by atoms with Crippen LogP contribution in [0, 0.1) is 5.82 Å². The van der Waals surface area contributed by atoms with E-state index in [9.17, 15) is 14.0 Å². The van der Waals surface area contributed by atoms with Gasteiger partial charge < -0.3 is 15.2 Å². The molecule has 0 aliphatic rings. The van der Waals surface area contributed by atoms with E-state index in [2.05, 4.69) is 5.32 Å². The number of carbonyl (C=O) groups is 2. The van der Waals surface area contributed by atoms with Crippen molar-refractivity contribution in [1.82, 2.24) is 0 Å². The maximum absolute atomic E-state index is 13.3. The highest BCUT2D eigenvalue weighted by atomic mass is 35.5. The van der Waals surface area contributed by atoms with Gasteiger partial charge in [0.2, 0.25) is 0 Å². The van der Waals surface area contributed by atoms with Gasteiger partial charge in [0.05, 0.1) is 17.7 Å². The van der Waals surface area contributed by atoms with E-state index in [1.807, 2.05) is 0 Å². The number of nitrogens with one attached hydrogen (secondary N) is 1.